The Labute approximate surface area is 87.5 Å². The van der Waals surface area contributed by atoms with Gasteiger partial charge in [-0.2, -0.15) is 0 Å². The molecule has 1 atom stereocenters. The first-order chi connectivity index (χ1) is 6.72. The molecule has 0 radical (unpaired) electrons. The number of hydrogen-bond donors (Lipinski definition) is 3. The Morgan fingerprint density at radius 1 is 1.43 bits per heavy atom. The Bertz CT molecular complexity index is 144. The zero-order valence-electron chi connectivity index (χ0n) is 9.63. The molecular weight excluding hydrogens is 176 g/mol. The number of piperidine rings is 1. The molecule has 0 aromatic rings. The zero-order chi connectivity index (χ0) is 10.4. The summed E-state index contributed by atoms with van der Waals surface area (Å²) in [5.74, 6) is 0.901. The van der Waals surface area contributed by atoms with Crippen molar-refractivity contribution in [2.45, 2.75) is 32.8 Å². The smallest absolute Gasteiger partial charge is 0.151 e. The van der Waals surface area contributed by atoms with Crippen LogP contribution in [0.15, 0.2) is 0 Å². The highest BCUT2D eigenvalue weighted by molar-refractivity contribution is 4.57. The molecule has 3 nitrogen and oxygen atoms in total. The van der Waals surface area contributed by atoms with E-state index >= 15 is 0 Å². The maximum Gasteiger partial charge on any atom is 0.151 e. The van der Waals surface area contributed by atoms with Gasteiger partial charge in [-0.1, -0.05) is 6.92 Å². The first-order valence-corrected chi connectivity index (χ1v) is 6.05. The second kappa shape index (κ2) is 6.38. The van der Waals surface area contributed by atoms with Gasteiger partial charge in [-0.15, -0.1) is 0 Å². The van der Waals surface area contributed by atoms with Gasteiger partial charge in [0.25, 0.3) is 0 Å². The largest absolute Gasteiger partial charge is 0.382 e. The number of likely N-dealkylation sites (tertiary alicyclic amines) is 1. The fraction of sp³-hybridized carbons (Fsp3) is 1.00. The molecule has 4 N–H and O–H groups in total. The lowest BCUT2D eigenvalue weighted by Crippen LogP contribution is -3.14. The molecule has 1 aliphatic heterocycles. The Hall–Kier alpha value is -0.120. The summed E-state index contributed by atoms with van der Waals surface area (Å²) in [6.07, 6.45) is 2.55. The number of aliphatic hydroxyl groups excluding tert-OH is 1. The molecule has 0 spiro atoms. The standard InChI is InChI=1S/C11H24N2O/c1-3-12-8-11(14)9-13-6-4-10(2)5-7-13/h10-12,14H,3-9H2,1-2H3/p+2/t11-/m1/s1. The first kappa shape index (κ1) is 12.0. The van der Waals surface area contributed by atoms with Crippen LogP contribution in [0.1, 0.15) is 26.7 Å². The fourth-order valence-electron chi connectivity index (χ4n) is 2.15. The van der Waals surface area contributed by atoms with E-state index < -0.39 is 0 Å². The highest BCUT2D eigenvalue weighted by Crippen LogP contribution is 2.06. The maximum atomic E-state index is 9.75. The topological polar surface area (TPSA) is 41.3 Å². The molecule has 1 aliphatic rings. The Balaban J connectivity index is 2.10. The summed E-state index contributed by atoms with van der Waals surface area (Å²) in [7, 11) is 0. The van der Waals surface area contributed by atoms with E-state index in [-0.39, 0.29) is 6.10 Å². The van der Waals surface area contributed by atoms with E-state index in [4.69, 9.17) is 0 Å². The lowest BCUT2D eigenvalue weighted by Gasteiger charge is -2.28. The van der Waals surface area contributed by atoms with E-state index in [0.717, 1.165) is 25.6 Å². The molecular formula is C11H26N2O+2. The summed E-state index contributed by atoms with van der Waals surface area (Å²) in [6.45, 7) is 9.86. The molecule has 0 aromatic heterocycles. The molecule has 14 heavy (non-hydrogen) atoms. The number of likely N-dealkylation sites (N-methyl/N-ethyl adjacent to an activating group) is 1. The second-order valence-corrected chi connectivity index (χ2v) is 4.72. The summed E-state index contributed by atoms with van der Waals surface area (Å²) in [6, 6.07) is 0. The van der Waals surface area contributed by atoms with Crippen molar-refractivity contribution in [2.75, 3.05) is 32.7 Å². The number of nitrogens with one attached hydrogen (secondary N) is 1. The average molecular weight is 202 g/mol. The van der Waals surface area contributed by atoms with Crippen molar-refractivity contribution in [2.24, 2.45) is 5.92 Å². The predicted molar refractivity (Wildman–Crippen MR) is 57.3 cm³/mol. The van der Waals surface area contributed by atoms with E-state index in [2.05, 4.69) is 19.2 Å². The lowest BCUT2D eigenvalue weighted by molar-refractivity contribution is -0.910. The maximum absolute atomic E-state index is 9.75. The van der Waals surface area contributed by atoms with Crippen LogP contribution in [0.5, 0.6) is 0 Å². The van der Waals surface area contributed by atoms with Crippen LogP contribution < -0.4 is 10.2 Å². The Kier molecular flexibility index (Phi) is 5.45. The third-order valence-corrected chi connectivity index (χ3v) is 3.23. The van der Waals surface area contributed by atoms with Gasteiger partial charge >= 0.3 is 0 Å². The molecule has 1 saturated heterocycles. The number of quaternary nitrogens is 2. The molecule has 0 aliphatic carbocycles. The van der Waals surface area contributed by atoms with Crippen molar-refractivity contribution in [1.29, 1.82) is 0 Å². The number of nitrogens with two attached hydrogens (primary N) is 1. The van der Waals surface area contributed by atoms with Gasteiger partial charge < -0.3 is 15.3 Å². The van der Waals surface area contributed by atoms with Crippen molar-refractivity contribution in [3.8, 4) is 0 Å². The van der Waals surface area contributed by atoms with Crippen LogP contribution >= 0.6 is 0 Å². The summed E-state index contributed by atoms with van der Waals surface area (Å²) < 4.78 is 0. The molecule has 0 bridgehead atoms. The van der Waals surface area contributed by atoms with E-state index in [9.17, 15) is 5.11 Å². The van der Waals surface area contributed by atoms with Gasteiger partial charge in [0.2, 0.25) is 0 Å². The third kappa shape index (κ3) is 4.40. The van der Waals surface area contributed by atoms with E-state index in [0.29, 0.717) is 0 Å². The Morgan fingerprint density at radius 3 is 2.64 bits per heavy atom. The minimum absolute atomic E-state index is 0.113. The van der Waals surface area contributed by atoms with Crippen molar-refractivity contribution < 1.29 is 15.3 Å². The van der Waals surface area contributed by atoms with Crippen LogP contribution in [0.3, 0.4) is 0 Å². The molecule has 0 aromatic carbocycles. The molecule has 84 valence electrons. The van der Waals surface area contributed by atoms with Crippen molar-refractivity contribution >= 4 is 0 Å². The number of aliphatic hydroxyl groups is 1. The summed E-state index contributed by atoms with van der Waals surface area (Å²) in [5, 5.41) is 11.9. The van der Waals surface area contributed by atoms with Crippen LogP contribution in [-0.2, 0) is 0 Å². The second-order valence-electron chi connectivity index (χ2n) is 4.72. The summed E-state index contributed by atoms with van der Waals surface area (Å²) >= 11 is 0. The third-order valence-electron chi connectivity index (χ3n) is 3.23. The fourth-order valence-corrected chi connectivity index (χ4v) is 2.15. The summed E-state index contributed by atoms with van der Waals surface area (Å²) in [5.41, 5.74) is 0. The van der Waals surface area contributed by atoms with E-state index in [1.807, 2.05) is 0 Å². The quantitative estimate of drug-likeness (QED) is 0.486. The molecule has 3 heteroatoms. The minimum atomic E-state index is -0.113. The molecule has 0 unspecified atom stereocenters. The predicted octanol–water partition coefficient (Wildman–Crippen LogP) is -1.75. The number of hydrogen-bond acceptors (Lipinski definition) is 1. The average Bonchev–Trinajstić information content (AvgIpc) is 2.18. The molecule has 0 amide bonds. The van der Waals surface area contributed by atoms with Gasteiger partial charge in [0.15, 0.2) is 6.10 Å². The van der Waals surface area contributed by atoms with Crippen molar-refractivity contribution in [3.63, 3.8) is 0 Å². The number of rotatable bonds is 5. The normalized spacial score (nSPS) is 30.2. The zero-order valence-corrected chi connectivity index (χ0v) is 9.63. The van der Waals surface area contributed by atoms with Crippen LogP contribution in [-0.4, -0.2) is 43.9 Å². The van der Waals surface area contributed by atoms with Gasteiger partial charge in [0.1, 0.15) is 13.1 Å². The van der Waals surface area contributed by atoms with Gasteiger partial charge in [-0.25, -0.2) is 0 Å². The molecule has 1 rings (SSSR count). The molecule has 1 heterocycles. The Morgan fingerprint density at radius 2 is 2.07 bits per heavy atom. The first-order valence-electron chi connectivity index (χ1n) is 6.05. The van der Waals surface area contributed by atoms with Crippen molar-refractivity contribution in [3.05, 3.63) is 0 Å². The van der Waals surface area contributed by atoms with E-state index in [1.165, 1.54) is 25.9 Å². The molecule has 1 fully saturated rings. The molecule has 0 saturated carbocycles. The highest BCUT2D eigenvalue weighted by Gasteiger charge is 2.21. The van der Waals surface area contributed by atoms with E-state index in [1.54, 1.807) is 4.90 Å². The van der Waals surface area contributed by atoms with Gasteiger partial charge in [0.05, 0.1) is 19.6 Å². The van der Waals surface area contributed by atoms with Gasteiger partial charge in [0, 0.05) is 0 Å². The summed E-state index contributed by atoms with van der Waals surface area (Å²) in [4.78, 5) is 1.60. The van der Waals surface area contributed by atoms with Gasteiger partial charge in [-0.05, 0) is 25.7 Å². The lowest BCUT2D eigenvalue weighted by atomic mass is 9.99. The van der Waals surface area contributed by atoms with Crippen LogP contribution in [0.2, 0.25) is 0 Å². The van der Waals surface area contributed by atoms with Crippen LogP contribution in [0.4, 0.5) is 0 Å². The monoisotopic (exact) mass is 202 g/mol. The highest BCUT2D eigenvalue weighted by atomic mass is 16.3. The van der Waals surface area contributed by atoms with Crippen LogP contribution in [0, 0.1) is 5.92 Å². The van der Waals surface area contributed by atoms with Crippen molar-refractivity contribution in [1.82, 2.24) is 0 Å². The SMILES string of the molecule is CC[NH2+]C[C@@H](O)C[NH+]1CCC(C)CC1. The van der Waals surface area contributed by atoms with Crippen LogP contribution in [0.25, 0.3) is 0 Å². The van der Waals surface area contributed by atoms with Gasteiger partial charge in [-0.3, -0.25) is 0 Å². The minimum Gasteiger partial charge on any atom is -0.382 e.